The molecule has 1 heterocycles. The van der Waals surface area contributed by atoms with E-state index < -0.39 is 0 Å². The summed E-state index contributed by atoms with van der Waals surface area (Å²) in [5, 5.41) is 4.30. The molecule has 1 aliphatic rings. The van der Waals surface area contributed by atoms with Crippen LogP contribution >= 0.6 is 11.3 Å². The van der Waals surface area contributed by atoms with Gasteiger partial charge in [-0.05, 0) is 32.7 Å². The van der Waals surface area contributed by atoms with E-state index in [4.69, 9.17) is 0 Å². The van der Waals surface area contributed by atoms with Crippen molar-refractivity contribution in [2.24, 2.45) is 5.92 Å². The van der Waals surface area contributed by atoms with Crippen LogP contribution in [0.5, 0.6) is 0 Å². The molecule has 1 saturated carbocycles. The van der Waals surface area contributed by atoms with Gasteiger partial charge in [0.25, 0.3) is 0 Å². The smallest absolute Gasteiger partial charge is 0.182 e. The molecule has 0 unspecified atom stereocenters. The van der Waals surface area contributed by atoms with E-state index in [-0.39, 0.29) is 0 Å². The van der Waals surface area contributed by atoms with Crippen molar-refractivity contribution < 1.29 is 0 Å². The highest BCUT2D eigenvalue weighted by molar-refractivity contribution is 7.15. The summed E-state index contributed by atoms with van der Waals surface area (Å²) < 4.78 is 0. The molecule has 0 aliphatic heterocycles. The third kappa shape index (κ3) is 3.19. The number of aromatic nitrogens is 1. The highest BCUT2D eigenvalue weighted by Gasteiger charge is 2.19. The van der Waals surface area contributed by atoms with Gasteiger partial charge in [0.2, 0.25) is 0 Å². The molecule has 3 nitrogen and oxygen atoms in total. The third-order valence-corrected chi connectivity index (χ3v) is 4.04. The Morgan fingerprint density at radius 1 is 1.56 bits per heavy atom. The number of anilines is 1. The Bertz CT molecular complexity index is 320. The Morgan fingerprint density at radius 2 is 2.38 bits per heavy atom. The van der Waals surface area contributed by atoms with E-state index in [0.29, 0.717) is 0 Å². The van der Waals surface area contributed by atoms with Crippen LogP contribution in [0.3, 0.4) is 0 Å². The van der Waals surface area contributed by atoms with Gasteiger partial charge in [-0.2, -0.15) is 0 Å². The largest absolute Gasteiger partial charge is 0.362 e. The fraction of sp³-hybridized carbons (Fsp3) is 0.750. The normalized spacial score (nSPS) is 16.4. The number of nitrogens with zero attached hydrogens (tertiary/aromatic N) is 2. The van der Waals surface area contributed by atoms with E-state index in [2.05, 4.69) is 29.2 Å². The third-order valence-electron chi connectivity index (χ3n) is 3.10. The van der Waals surface area contributed by atoms with E-state index in [1.165, 1.54) is 30.7 Å². The fourth-order valence-electron chi connectivity index (χ4n) is 2.06. The molecule has 0 atom stereocenters. The maximum atomic E-state index is 4.35. The zero-order valence-corrected chi connectivity index (χ0v) is 11.0. The first-order chi connectivity index (χ1) is 7.78. The summed E-state index contributed by atoms with van der Waals surface area (Å²) in [4.78, 5) is 8.14. The zero-order valence-electron chi connectivity index (χ0n) is 10.2. The second-order valence-electron chi connectivity index (χ2n) is 4.66. The Labute approximate surface area is 102 Å². The summed E-state index contributed by atoms with van der Waals surface area (Å²) in [5.41, 5.74) is 0. The summed E-state index contributed by atoms with van der Waals surface area (Å²) in [5.74, 6) is 0.950. The van der Waals surface area contributed by atoms with Crippen LogP contribution < -0.4 is 5.32 Å². The van der Waals surface area contributed by atoms with Gasteiger partial charge >= 0.3 is 0 Å². The highest BCUT2D eigenvalue weighted by atomic mass is 32.1. The SMILES string of the molecule is CCNc1ncc(CN(C)CC2CCC2)s1. The molecule has 4 heteroatoms. The van der Waals surface area contributed by atoms with Crippen LogP contribution in [0, 0.1) is 5.92 Å². The van der Waals surface area contributed by atoms with Crippen LogP contribution in [0.2, 0.25) is 0 Å². The van der Waals surface area contributed by atoms with Crippen LogP contribution in [0.1, 0.15) is 31.1 Å². The van der Waals surface area contributed by atoms with Crippen LogP contribution in [0.4, 0.5) is 5.13 Å². The summed E-state index contributed by atoms with van der Waals surface area (Å²) in [6.07, 6.45) is 6.29. The zero-order chi connectivity index (χ0) is 11.4. The lowest BCUT2D eigenvalue weighted by Gasteiger charge is -2.29. The minimum atomic E-state index is 0.949. The van der Waals surface area contributed by atoms with E-state index >= 15 is 0 Å². The van der Waals surface area contributed by atoms with Crippen molar-refractivity contribution in [3.8, 4) is 0 Å². The first-order valence-corrected chi connectivity index (χ1v) is 6.96. The Kier molecular flexibility index (Phi) is 4.18. The molecule has 2 rings (SSSR count). The number of thiazole rings is 1. The Balaban J connectivity index is 1.77. The van der Waals surface area contributed by atoms with Crippen molar-refractivity contribution in [2.45, 2.75) is 32.7 Å². The highest BCUT2D eigenvalue weighted by Crippen LogP contribution is 2.27. The van der Waals surface area contributed by atoms with Crippen LogP contribution in [-0.2, 0) is 6.54 Å². The lowest BCUT2D eigenvalue weighted by atomic mass is 9.85. The molecule has 0 aromatic carbocycles. The minimum absolute atomic E-state index is 0.949. The summed E-state index contributed by atoms with van der Waals surface area (Å²) in [6.45, 7) is 5.34. The van der Waals surface area contributed by atoms with Crippen molar-refractivity contribution >= 4 is 16.5 Å². The van der Waals surface area contributed by atoms with Gasteiger partial charge in [0.15, 0.2) is 5.13 Å². The van der Waals surface area contributed by atoms with Gasteiger partial charge in [-0.25, -0.2) is 4.98 Å². The molecular formula is C12H21N3S. The van der Waals surface area contributed by atoms with Gasteiger partial charge in [0, 0.05) is 30.7 Å². The van der Waals surface area contributed by atoms with Crippen molar-refractivity contribution in [1.82, 2.24) is 9.88 Å². The molecule has 90 valence electrons. The summed E-state index contributed by atoms with van der Waals surface area (Å²) in [6, 6.07) is 0. The number of hydrogen-bond donors (Lipinski definition) is 1. The average molecular weight is 239 g/mol. The number of rotatable bonds is 6. The van der Waals surface area contributed by atoms with Crippen molar-refractivity contribution in [3.63, 3.8) is 0 Å². The van der Waals surface area contributed by atoms with Gasteiger partial charge in [-0.15, -0.1) is 11.3 Å². The van der Waals surface area contributed by atoms with Gasteiger partial charge in [-0.1, -0.05) is 6.42 Å². The molecule has 1 fully saturated rings. The van der Waals surface area contributed by atoms with Crippen LogP contribution in [-0.4, -0.2) is 30.0 Å². The molecule has 1 aliphatic carbocycles. The first kappa shape index (κ1) is 11.9. The topological polar surface area (TPSA) is 28.2 Å². The quantitative estimate of drug-likeness (QED) is 0.827. The molecule has 1 N–H and O–H groups in total. The minimum Gasteiger partial charge on any atom is -0.362 e. The maximum absolute atomic E-state index is 4.35. The van der Waals surface area contributed by atoms with Crippen LogP contribution in [0.25, 0.3) is 0 Å². The first-order valence-electron chi connectivity index (χ1n) is 6.15. The molecule has 0 radical (unpaired) electrons. The molecule has 16 heavy (non-hydrogen) atoms. The fourth-order valence-corrected chi connectivity index (χ4v) is 3.02. The van der Waals surface area contributed by atoms with Crippen molar-refractivity contribution in [1.29, 1.82) is 0 Å². The van der Waals surface area contributed by atoms with E-state index in [1.807, 2.05) is 6.20 Å². The monoisotopic (exact) mass is 239 g/mol. The van der Waals surface area contributed by atoms with Gasteiger partial charge in [0.1, 0.15) is 0 Å². The number of hydrogen-bond acceptors (Lipinski definition) is 4. The standard InChI is InChI=1S/C12H21N3S/c1-3-13-12-14-7-11(16-12)9-15(2)8-10-5-4-6-10/h7,10H,3-6,8-9H2,1-2H3,(H,13,14). The van der Waals surface area contributed by atoms with E-state index in [9.17, 15) is 0 Å². The van der Waals surface area contributed by atoms with E-state index in [1.54, 1.807) is 11.3 Å². The molecule has 0 saturated heterocycles. The Hall–Kier alpha value is -0.610. The maximum Gasteiger partial charge on any atom is 0.182 e. The molecular weight excluding hydrogens is 218 g/mol. The van der Waals surface area contributed by atoms with Crippen molar-refractivity contribution in [3.05, 3.63) is 11.1 Å². The lowest BCUT2D eigenvalue weighted by molar-refractivity contribution is 0.201. The second kappa shape index (κ2) is 5.64. The average Bonchev–Trinajstić information content (AvgIpc) is 2.60. The molecule has 1 aromatic rings. The van der Waals surface area contributed by atoms with Crippen molar-refractivity contribution in [2.75, 3.05) is 25.5 Å². The molecule has 0 bridgehead atoms. The van der Waals surface area contributed by atoms with Crippen LogP contribution in [0.15, 0.2) is 6.20 Å². The van der Waals surface area contributed by atoms with Gasteiger partial charge in [0.05, 0.1) is 0 Å². The predicted octanol–water partition coefficient (Wildman–Crippen LogP) is 2.81. The second-order valence-corrected chi connectivity index (χ2v) is 5.77. The predicted molar refractivity (Wildman–Crippen MR) is 70.0 cm³/mol. The number of nitrogens with one attached hydrogen (secondary N) is 1. The Morgan fingerprint density at radius 3 is 3.00 bits per heavy atom. The van der Waals surface area contributed by atoms with Gasteiger partial charge < -0.3 is 10.2 Å². The summed E-state index contributed by atoms with van der Waals surface area (Å²) >= 11 is 1.77. The van der Waals surface area contributed by atoms with Gasteiger partial charge in [-0.3, -0.25) is 0 Å². The molecule has 0 spiro atoms. The molecule has 0 amide bonds. The van der Waals surface area contributed by atoms with E-state index in [0.717, 1.165) is 24.1 Å². The molecule has 1 aromatic heterocycles. The lowest BCUT2D eigenvalue weighted by Crippen LogP contribution is -2.28. The summed E-state index contributed by atoms with van der Waals surface area (Å²) in [7, 11) is 2.21.